The van der Waals surface area contributed by atoms with E-state index >= 15 is 0 Å². The molecule has 0 atom stereocenters. The minimum absolute atomic E-state index is 0.0286. The number of nitrogens with zero attached hydrogens (tertiary/aromatic N) is 1. The molecule has 0 aliphatic rings. The van der Waals surface area contributed by atoms with Gasteiger partial charge in [0.2, 0.25) is 0 Å². The van der Waals surface area contributed by atoms with E-state index in [0.717, 1.165) is 6.07 Å². The molecule has 2 aromatic carbocycles. The average Bonchev–Trinajstić information content (AvgIpc) is 2.45. The number of aromatic hydroxyl groups is 2. The minimum atomic E-state index is -1.23. The molecule has 2 aromatic rings. The Kier molecular flexibility index (Phi) is 4.03. The van der Waals surface area contributed by atoms with E-state index in [-0.39, 0.29) is 22.4 Å². The summed E-state index contributed by atoms with van der Waals surface area (Å²) in [5.74, 6) is -2.45. The molecule has 114 valence electrons. The van der Waals surface area contributed by atoms with Gasteiger partial charge in [-0.3, -0.25) is 4.79 Å². The molecule has 0 saturated carbocycles. The number of rotatable bonds is 4. The zero-order chi connectivity index (χ0) is 16.4. The van der Waals surface area contributed by atoms with Crippen molar-refractivity contribution in [2.75, 3.05) is 19.0 Å². The van der Waals surface area contributed by atoms with Gasteiger partial charge in [0.1, 0.15) is 11.5 Å². The summed E-state index contributed by atoms with van der Waals surface area (Å²) in [4.78, 5) is 25.5. The van der Waals surface area contributed by atoms with E-state index in [9.17, 15) is 24.9 Å². The number of hydrogen-bond acceptors (Lipinski definition) is 5. The molecule has 0 aromatic heterocycles. The number of hydrogen-bond donors (Lipinski definition) is 3. The summed E-state index contributed by atoms with van der Waals surface area (Å²) in [5, 5.41) is 28.8. The molecule has 22 heavy (non-hydrogen) atoms. The van der Waals surface area contributed by atoms with Crippen molar-refractivity contribution >= 4 is 17.4 Å². The van der Waals surface area contributed by atoms with Crippen molar-refractivity contribution in [1.29, 1.82) is 0 Å². The number of ketones is 1. The Morgan fingerprint density at radius 2 is 1.59 bits per heavy atom. The lowest BCUT2D eigenvalue weighted by molar-refractivity contribution is 0.0692. The van der Waals surface area contributed by atoms with Gasteiger partial charge in [0.15, 0.2) is 5.78 Å². The molecule has 0 spiro atoms. The number of carboxylic acids is 1. The topological polar surface area (TPSA) is 98.1 Å². The van der Waals surface area contributed by atoms with Crippen molar-refractivity contribution in [3.8, 4) is 11.5 Å². The van der Waals surface area contributed by atoms with Gasteiger partial charge in [-0.25, -0.2) is 4.79 Å². The summed E-state index contributed by atoms with van der Waals surface area (Å²) in [6.07, 6.45) is 0. The third-order valence-electron chi connectivity index (χ3n) is 3.19. The first-order valence-corrected chi connectivity index (χ1v) is 6.43. The minimum Gasteiger partial charge on any atom is -0.508 e. The normalized spacial score (nSPS) is 10.3. The van der Waals surface area contributed by atoms with Crippen molar-refractivity contribution in [3.63, 3.8) is 0 Å². The van der Waals surface area contributed by atoms with Crippen LogP contribution in [0.3, 0.4) is 0 Å². The van der Waals surface area contributed by atoms with E-state index < -0.39 is 17.5 Å². The summed E-state index contributed by atoms with van der Waals surface area (Å²) < 4.78 is 0. The van der Waals surface area contributed by atoms with Gasteiger partial charge < -0.3 is 20.2 Å². The number of benzene rings is 2. The third kappa shape index (κ3) is 2.71. The van der Waals surface area contributed by atoms with Gasteiger partial charge in [0.05, 0.1) is 16.8 Å². The zero-order valence-electron chi connectivity index (χ0n) is 12.1. The number of anilines is 1. The highest BCUT2D eigenvalue weighted by Crippen LogP contribution is 2.34. The molecule has 2 rings (SSSR count). The summed E-state index contributed by atoms with van der Waals surface area (Å²) >= 11 is 0. The number of carbonyl (C=O) groups excluding carboxylic acids is 1. The summed E-state index contributed by atoms with van der Waals surface area (Å²) in [7, 11) is 3.29. The van der Waals surface area contributed by atoms with Gasteiger partial charge in [-0.15, -0.1) is 0 Å². The number of carboxylic acid groups (broad SMARTS) is 1. The lowest BCUT2D eigenvalue weighted by Gasteiger charge is -2.18. The van der Waals surface area contributed by atoms with Crippen LogP contribution in [-0.2, 0) is 0 Å². The quantitative estimate of drug-likeness (QED) is 0.748. The zero-order valence-corrected chi connectivity index (χ0v) is 12.1. The number of phenols is 2. The van der Waals surface area contributed by atoms with Gasteiger partial charge >= 0.3 is 5.97 Å². The van der Waals surface area contributed by atoms with E-state index in [4.69, 9.17) is 0 Å². The van der Waals surface area contributed by atoms with Crippen LogP contribution in [0.2, 0.25) is 0 Å². The van der Waals surface area contributed by atoms with Crippen LogP contribution in [0.4, 0.5) is 5.69 Å². The van der Waals surface area contributed by atoms with Gasteiger partial charge in [-0.1, -0.05) is 18.2 Å². The van der Waals surface area contributed by atoms with Crippen LogP contribution in [0.5, 0.6) is 11.5 Å². The first-order chi connectivity index (χ1) is 10.3. The van der Waals surface area contributed by atoms with Crippen molar-refractivity contribution < 1.29 is 24.9 Å². The first kappa shape index (κ1) is 15.4. The maximum atomic E-state index is 12.7. The van der Waals surface area contributed by atoms with Crippen LogP contribution in [0.1, 0.15) is 26.3 Å². The largest absolute Gasteiger partial charge is 0.508 e. The highest BCUT2D eigenvalue weighted by atomic mass is 16.4. The number of aromatic carboxylic acids is 1. The third-order valence-corrected chi connectivity index (χ3v) is 3.19. The van der Waals surface area contributed by atoms with Crippen LogP contribution in [0, 0.1) is 0 Å². The monoisotopic (exact) mass is 301 g/mol. The second kappa shape index (κ2) is 5.77. The second-order valence-corrected chi connectivity index (χ2v) is 4.93. The Morgan fingerprint density at radius 1 is 1.00 bits per heavy atom. The van der Waals surface area contributed by atoms with Crippen molar-refractivity contribution in [3.05, 3.63) is 53.1 Å². The molecule has 0 fully saturated rings. The SMILES string of the molecule is CN(C)c1cc(O)cc(O)c1C(=O)c1ccccc1C(=O)O. The van der Waals surface area contributed by atoms with E-state index in [2.05, 4.69) is 0 Å². The van der Waals surface area contributed by atoms with E-state index in [1.807, 2.05) is 0 Å². The predicted molar refractivity (Wildman–Crippen MR) is 80.9 cm³/mol. The van der Waals surface area contributed by atoms with Crippen LogP contribution < -0.4 is 4.90 Å². The molecule has 3 N–H and O–H groups in total. The van der Waals surface area contributed by atoms with Crippen molar-refractivity contribution in [1.82, 2.24) is 0 Å². The van der Waals surface area contributed by atoms with Crippen molar-refractivity contribution in [2.45, 2.75) is 0 Å². The standard InChI is InChI=1S/C16H15NO5/c1-17(2)12-7-9(18)8-13(19)14(12)15(20)10-5-3-4-6-11(10)16(21)22/h3-8,18-19H,1-2H3,(H,21,22). The van der Waals surface area contributed by atoms with Gasteiger partial charge in [-0.05, 0) is 6.07 Å². The Morgan fingerprint density at radius 3 is 2.14 bits per heavy atom. The lowest BCUT2D eigenvalue weighted by atomic mass is 9.96. The first-order valence-electron chi connectivity index (χ1n) is 6.43. The fraction of sp³-hybridized carbons (Fsp3) is 0.125. The lowest BCUT2D eigenvalue weighted by Crippen LogP contribution is -2.16. The maximum Gasteiger partial charge on any atom is 0.336 e. The maximum absolute atomic E-state index is 12.7. The van der Waals surface area contributed by atoms with Crippen molar-refractivity contribution in [2.24, 2.45) is 0 Å². The van der Waals surface area contributed by atoms with Crippen LogP contribution in [-0.4, -0.2) is 41.2 Å². The highest BCUT2D eigenvalue weighted by molar-refractivity contribution is 6.18. The molecule has 0 heterocycles. The van der Waals surface area contributed by atoms with Crippen LogP contribution in [0.15, 0.2) is 36.4 Å². The molecule has 0 radical (unpaired) electrons. The number of carbonyl (C=O) groups is 2. The molecule has 0 saturated heterocycles. The van der Waals surface area contributed by atoms with E-state index in [0.29, 0.717) is 5.69 Å². The van der Waals surface area contributed by atoms with Crippen LogP contribution >= 0.6 is 0 Å². The Labute approximate surface area is 126 Å². The molecular weight excluding hydrogens is 286 g/mol. The molecule has 0 aliphatic carbocycles. The average molecular weight is 301 g/mol. The fourth-order valence-corrected chi connectivity index (χ4v) is 2.19. The highest BCUT2D eigenvalue weighted by Gasteiger charge is 2.24. The molecule has 0 bridgehead atoms. The predicted octanol–water partition coefficient (Wildman–Crippen LogP) is 2.09. The fourth-order valence-electron chi connectivity index (χ4n) is 2.19. The second-order valence-electron chi connectivity index (χ2n) is 4.93. The molecule has 6 nitrogen and oxygen atoms in total. The summed E-state index contributed by atoms with van der Waals surface area (Å²) in [6.45, 7) is 0. The molecule has 6 heteroatoms. The number of phenolic OH excluding ortho intramolecular Hbond substituents is 2. The van der Waals surface area contributed by atoms with E-state index in [1.165, 1.54) is 24.3 Å². The Hall–Kier alpha value is -3.02. The molecular formula is C16H15NO5. The van der Waals surface area contributed by atoms with Gasteiger partial charge in [-0.2, -0.15) is 0 Å². The van der Waals surface area contributed by atoms with Crippen LogP contribution in [0.25, 0.3) is 0 Å². The van der Waals surface area contributed by atoms with Gasteiger partial charge in [0, 0.05) is 31.8 Å². The molecule has 0 aliphatic heterocycles. The van der Waals surface area contributed by atoms with Gasteiger partial charge in [0.25, 0.3) is 0 Å². The Balaban J connectivity index is 2.68. The summed E-state index contributed by atoms with van der Waals surface area (Å²) in [5.41, 5.74) is 0.0583. The molecule has 0 amide bonds. The summed E-state index contributed by atoms with van der Waals surface area (Å²) in [6, 6.07) is 8.15. The smallest absolute Gasteiger partial charge is 0.336 e. The Bertz CT molecular complexity index is 752. The molecule has 0 unspecified atom stereocenters. The van der Waals surface area contributed by atoms with E-state index in [1.54, 1.807) is 25.1 Å².